The van der Waals surface area contributed by atoms with Crippen molar-refractivity contribution in [3.8, 4) is 0 Å². The summed E-state index contributed by atoms with van der Waals surface area (Å²) >= 11 is 0. The third-order valence-electron chi connectivity index (χ3n) is 2.79. The lowest BCUT2D eigenvalue weighted by Gasteiger charge is -2.17. The Labute approximate surface area is 98.1 Å². The zero-order valence-electron chi connectivity index (χ0n) is 10.3. The fourth-order valence-corrected chi connectivity index (χ4v) is 1.92. The van der Waals surface area contributed by atoms with Crippen molar-refractivity contribution in [3.63, 3.8) is 0 Å². The van der Waals surface area contributed by atoms with Gasteiger partial charge in [0.05, 0.1) is 0 Å². The number of nitrogens with one attached hydrogen (secondary N) is 1. The van der Waals surface area contributed by atoms with Crippen molar-refractivity contribution >= 4 is 0 Å². The van der Waals surface area contributed by atoms with Gasteiger partial charge >= 0.3 is 0 Å². The summed E-state index contributed by atoms with van der Waals surface area (Å²) in [6, 6.07) is 7.36. The largest absolute Gasteiger partial charge is 0.314 e. The molecule has 0 spiro atoms. The van der Waals surface area contributed by atoms with E-state index in [1.165, 1.54) is 37.0 Å². The van der Waals surface area contributed by atoms with Gasteiger partial charge in [0, 0.05) is 6.04 Å². The molecule has 1 aromatic carbocycles. The summed E-state index contributed by atoms with van der Waals surface area (Å²) in [5, 5.41) is 3.49. The molecule has 0 aliphatic heterocycles. The molecule has 1 unspecified atom stereocenters. The Morgan fingerprint density at radius 2 is 1.88 bits per heavy atom. The van der Waals surface area contributed by atoms with Gasteiger partial charge in [-0.15, -0.1) is 0 Å². The molecule has 0 saturated heterocycles. The first kappa shape index (κ1) is 13.2. The molecule has 0 radical (unpaired) electrons. The molecule has 0 aromatic heterocycles. The minimum atomic E-state index is -0.155. The zero-order valence-corrected chi connectivity index (χ0v) is 10.3. The quantitative estimate of drug-likeness (QED) is 0.745. The monoisotopic (exact) mass is 223 g/mol. The highest BCUT2D eigenvalue weighted by Gasteiger charge is 2.07. The average Bonchev–Trinajstić information content (AvgIpc) is 2.29. The molecule has 0 aliphatic carbocycles. The molecule has 90 valence electrons. The highest BCUT2D eigenvalue weighted by atomic mass is 19.1. The number of rotatable bonds is 7. The van der Waals surface area contributed by atoms with Gasteiger partial charge in [-0.3, -0.25) is 0 Å². The van der Waals surface area contributed by atoms with Gasteiger partial charge in [0.2, 0.25) is 0 Å². The second-order valence-corrected chi connectivity index (χ2v) is 4.23. The normalized spacial score (nSPS) is 12.7. The van der Waals surface area contributed by atoms with Gasteiger partial charge in [-0.2, -0.15) is 0 Å². The molecule has 1 atom stereocenters. The van der Waals surface area contributed by atoms with E-state index in [1.807, 2.05) is 12.1 Å². The zero-order chi connectivity index (χ0) is 11.8. The number of unbranched alkanes of at least 4 members (excludes halogenated alkanes) is 1. The van der Waals surface area contributed by atoms with E-state index < -0.39 is 0 Å². The number of hydrogen-bond acceptors (Lipinski definition) is 1. The van der Waals surface area contributed by atoms with Gasteiger partial charge < -0.3 is 5.32 Å². The van der Waals surface area contributed by atoms with Crippen LogP contribution in [0.1, 0.15) is 38.7 Å². The molecule has 1 rings (SSSR count). The van der Waals surface area contributed by atoms with E-state index in [0.717, 1.165) is 13.0 Å². The van der Waals surface area contributed by atoms with E-state index in [2.05, 4.69) is 19.2 Å². The molecule has 0 saturated carbocycles. The molecule has 1 N–H and O–H groups in total. The topological polar surface area (TPSA) is 12.0 Å². The molecule has 1 aromatic rings. The Hall–Kier alpha value is -0.890. The molecule has 0 fully saturated rings. The minimum absolute atomic E-state index is 0.155. The minimum Gasteiger partial charge on any atom is -0.314 e. The summed E-state index contributed by atoms with van der Waals surface area (Å²) in [6.07, 6.45) is 4.67. The molecule has 16 heavy (non-hydrogen) atoms. The van der Waals surface area contributed by atoms with E-state index in [0.29, 0.717) is 6.04 Å². The van der Waals surface area contributed by atoms with Crippen LogP contribution in [-0.4, -0.2) is 12.6 Å². The van der Waals surface area contributed by atoms with Crippen molar-refractivity contribution in [2.24, 2.45) is 0 Å². The first-order valence-electron chi connectivity index (χ1n) is 6.24. The van der Waals surface area contributed by atoms with E-state index in [1.54, 1.807) is 0 Å². The Bertz CT molecular complexity index is 281. The third kappa shape index (κ3) is 4.75. The third-order valence-corrected chi connectivity index (χ3v) is 2.79. The van der Waals surface area contributed by atoms with Crippen LogP contribution in [-0.2, 0) is 6.42 Å². The maximum absolute atomic E-state index is 12.8. The number of benzene rings is 1. The second kappa shape index (κ2) is 7.39. The summed E-state index contributed by atoms with van der Waals surface area (Å²) in [4.78, 5) is 0. The molecule has 0 bridgehead atoms. The summed E-state index contributed by atoms with van der Waals surface area (Å²) in [7, 11) is 0. The van der Waals surface area contributed by atoms with Gasteiger partial charge in [0.1, 0.15) is 5.82 Å². The number of halogens is 1. The van der Waals surface area contributed by atoms with Crippen molar-refractivity contribution in [1.29, 1.82) is 0 Å². The molecule has 0 aliphatic rings. The van der Waals surface area contributed by atoms with Crippen LogP contribution in [0.4, 0.5) is 4.39 Å². The van der Waals surface area contributed by atoms with Gasteiger partial charge in [0.15, 0.2) is 0 Å². The number of likely N-dealkylation sites (N-methyl/N-ethyl adjacent to an activating group) is 1. The van der Waals surface area contributed by atoms with Gasteiger partial charge in [-0.1, -0.05) is 38.8 Å². The molecule has 0 amide bonds. The van der Waals surface area contributed by atoms with Crippen LogP contribution in [0.3, 0.4) is 0 Å². The lowest BCUT2D eigenvalue weighted by atomic mass is 10.0. The highest BCUT2D eigenvalue weighted by Crippen LogP contribution is 2.10. The lowest BCUT2D eigenvalue weighted by Crippen LogP contribution is -2.30. The Morgan fingerprint density at radius 1 is 1.19 bits per heavy atom. The Morgan fingerprint density at radius 3 is 2.44 bits per heavy atom. The van der Waals surface area contributed by atoms with Crippen molar-refractivity contribution in [2.75, 3.05) is 6.54 Å². The highest BCUT2D eigenvalue weighted by molar-refractivity contribution is 5.17. The van der Waals surface area contributed by atoms with Crippen LogP contribution in [0.25, 0.3) is 0 Å². The van der Waals surface area contributed by atoms with Crippen molar-refractivity contribution in [1.82, 2.24) is 5.32 Å². The smallest absolute Gasteiger partial charge is 0.123 e. The fourth-order valence-electron chi connectivity index (χ4n) is 1.92. The van der Waals surface area contributed by atoms with E-state index in [9.17, 15) is 4.39 Å². The van der Waals surface area contributed by atoms with Crippen molar-refractivity contribution < 1.29 is 4.39 Å². The van der Waals surface area contributed by atoms with E-state index >= 15 is 0 Å². The van der Waals surface area contributed by atoms with Gasteiger partial charge in [-0.05, 0) is 37.1 Å². The molecule has 2 heteroatoms. The first-order chi connectivity index (χ1) is 7.76. The maximum Gasteiger partial charge on any atom is 0.123 e. The van der Waals surface area contributed by atoms with Crippen molar-refractivity contribution in [2.45, 2.75) is 45.6 Å². The molecular weight excluding hydrogens is 201 g/mol. The summed E-state index contributed by atoms with van der Waals surface area (Å²) in [5.74, 6) is -0.155. The van der Waals surface area contributed by atoms with Crippen LogP contribution in [0.2, 0.25) is 0 Å². The Kier molecular flexibility index (Phi) is 6.09. The van der Waals surface area contributed by atoms with Crippen LogP contribution >= 0.6 is 0 Å². The summed E-state index contributed by atoms with van der Waals surface area (Å²) < 4.78 is 12.8. The van der Waals surface area contributed by atoms with E-state index in [4.69, 9.17) is 0 Å². The predicted octanol–water partition coefficient (Wildman–Crippen LogP) is 3.54. The standard InChI is InChI=1S/C14H22FN/c1-3-5-6-14(16-4-2)11-12-7-9-13(15)10-8-12/h7-10,14,16H,3-6,11H2,1-2H3. The maximum atomic E-state index is 12.8. The van der Waals surface area contributed by atoms with Gasteiger partial charge in [-0.25, -0.2) is 4.39 Å². The van der Waals surface area contributed by atoms with Crippen molar-refractivity contribution in [3.05, 3.63) is 35.6 Å². The van der Waals surface area contributed by atoms with Crippen LogP contribution in [0.5, 0.6) is 0 Å². The predicted molar refractivity (Wildman–Crippen MR) is 67.1 cm³/mol. The second-order valence-electron chi connectivity index (χ2n) is 4.23. The summed E-state index contributed by atoms with van der Waals surface area (Å²) in [5.41, 5.74) is 1.21. The van der Waals surface area contributed by atoms with Crippen LogP contribution in [0.15, 0.2) is 24.3 Å². The Balaban J connectivity index is 2.49. The first-order valence-corrected chi connectivity index (χ1v) is 6.24. The van der Waals surface area contributed by atoms with Crippen LogP contribution in [0, 0.1) is 5.82 Å². The molecule has 1 nitrogen and oxygen atoms in total. The van der Waals surface area contributed by atoms with Crippen LogP contribution < -0.4 is 5.32 Å². The molecule has 0 heterocycles. The summed E-state index contributed by atoms with van der Waals surface area (Å²) in [6.45, 7) is 5.33. The fraction of sp³-hybridized carbons (Fsp3) is 0.571. The molecular formula is C14H22FN. The lowest BCUT2D eigenvalue weighted by molar-refractivity contribution is 0.473. The van der Waals surface area contributed by atoms with Gasteiger partial charge in [0.25, 0.3) is 0 Å². The number of hydrogen-bond donors (Lipinski definition) is 1. The van der Waals surface area contributed by atoms with E-state index in [-0.39, 0.29) is 5.82 Å². The average molecular weight is 223 g/mol. The SMILES string of the molecule is CCCCC(Cc1ccc(F)cc1)NCC.